The van der Waals surface area contributed by atoms with E-state index >= 15 is 0 Å². The molecule has 2 nitrogen and oxygen atoms in total. The van der Waals surface area contributed by atoms with Crippen molar-refractivity contribution in [1.29, 1.82) is 0 Å². The second kappa shape index (κ2) is 10.5. The van der Waals surface area contributed by atoms with E-state index in [1.807, 2.05) is 0 Å². The highest BCUT2D eigenvalue weighted by molar-refractivity contribution is 5.85. The molecule has 2 N–H and O–H groups in total. The summed E-state index contributed by atoms with van der Waals surface area (Å²) in [6.07, 6.45) is 13.3. The molecule has 0 aromatic heterocycles. The lowest BCUT2D eigenvalue weighted by Gasteiger charge is -2.54. The Morgan fingerprint density at radius 3 is 2.00 bits per heavy atom. The molecule has 4 aliphatic rings. The van der Waals surface area contributed by atoms with Crippen LogP contribution in [-0.4, -0.2) is 25.7 Å². The summed E-state index contributed by atoms with van der Waals surface area (Å²) in [5, 5.41) is 7.61. The number of rotatable bonds is 11. The zero-order valence-corrected chi connectivity index (χ0v) is 17.8. The molecule has 0 aliphatic heterocycles. The highest BCUT2D eigenvalue weighted by atomic mass is 35.5. The summed E-state index contributed by atoms with van der Waals surface area (Å²) in [4.78, 5) is 0. The molecule has 0 saturated heterocycles. The van der Waals surface area contributed by atoms with Gasteiger partial charge >= 0.3 is 0 Å². The molecule has 148 valence electrons. The second-order valence-electron chi connectivity index (χ2n) is 9.88. The maximum atomic E-state index is 3.94. The van der Waals surface area contributed by atoms with Crippen LogP contribution in [-0.2, 0) is 0 Å². The minimum absolute atomic E-state index is 0. The first kappa shape index (κ1) is 21.5. The van der Waals surface area contributed by atoms with E-state index in [2.05, 4.69) is 31.4 Å². The summed E-state index contributed by atoms with van der Waals surface area (Å²) >= 11 is 0. The fraction of sp³-hybridized carbons (Fsp3) is 1.00. The van der Waals surface area contributed by atoms with Gasteiger partial charge in [-0.05, 0) is 80.6 Å². The van der Waals surface area contributed by atoms with E-state index in [4.69, 9.17) is 0 Å². The lowest BCUT2D eigenvalue weighted by atomic mass is 9.54. The van der Waals surface area contributed by atoms with E-state index in [0.29, 0.717) is 0 Å². The maximum absolute atomic E-state index is 3.94. The average Bonchev–Trinajstić information content (AvgIpc) is 2.51. The molecule has 4 aliphatic carbocycles. The third-order valence-electron chi connectivity index (χ3n) is 7.20. The molecule has 25 heavy (non-hydrogen) atoms. The van der Waals surface area contributed by atoms with Crippen molar-refractivity contribution in [3.63, 3.8) is 0 Å². The fourth-order valence-electron chi connectivity index (χ4n) is 6.08. The van der Waals surface area contributed by atoms with Gasteiger partial charge < -0.3 is 10.6 Å². The molecule has 4 bridgehead atoms. The highest BCUT2D eigenvalue weighted by Gasteiger charge is 2.47. The molecular formula is C22H43ClN2. The van der Waals surface area contributed by atoms with E-state index in [-0.39, 0.29) is 12.4 Å². The maximum Gasteiger partial charge on any atom is 0.0124 e. The van der Waals surface area contributed by atoms with Gasteiger partial charge in [-0.2, -0.15) is 0 Å². The van der Waals surface area contributed by atoms with Crippen molar-refractivity contribution >= 4 is 12.4 Å². The normalized spacial score (nSPS) is 34.3. The monoisotopic (exact) mass is 370 g/mol. The molecule has 0 radical (unpaired) electrons. The minimum Gasteiger partial charge on any atom is -0.315 e. The molecule has 4 fully saturated rings. The zero-order chi connectivity index (χ0) is 16.9. The van der Waals surface area contributed by atoms with Crippen LogP contribution in [0.5, 0.6) is 0 Å². The first-order valence-electron chi connectivity index (χ1n) is 11.1. The Hall–Kier alpha value is 0.210. The summed E-state index contributed by atoms with van der Waals surface area (Å²) in [6, 6.07) is 0.856. The topological polar surface area (TPSA) is 24.1 Å². The van der Waals surface area contributed by atoms with Crippen molar-refractivity contribution in [1.82, 2.24) is 10.6 Å². The van der Waals surface area contributed by atoms with Crippen LogP contribution in [0.3, 0.4) is 0 Å². The Kier molecular flexibility index (Phi) is 9.05. The summed E-state index contributed by atoms with van der Waals surface area (Å²) in [5.74, 6) is 5.98. The number of hydrogen-bond donors (Lipinski definition) is 2. The number of halogens is 1. The Morgan fingerprint density at radius 1 is 0.760 bits per heavy atom. The van der Waals surface area contributed by atoms with E-state index in [9.17, 15) is 0 Å². The van der Waals surface area contributed by atoms with Gasteiger partial charge in [-0.15, -0.1) is 12.4 Å². The Balaban J connectivity index is 0.00000225. The first-order chi connectivity index (χ1) is 11.6. The van der Waals surface area contributed by atoms with Gasteiger partial charge in [-0.3, -0.25) is 0 Å². The Bertz CT molecular complexity index is 343. The predicted octanol–water partition coefficient (Wildman–Crippen LogP) is 5.26. The van der Waals surface area contributed by atoms with E-state index in [0.717, 1.165) is 48.1 Å². The molecule has 4 rings (SSSR count). The smallest absolute Gasteiger partial charge is 0.0124 e. The fourth-order valence-corrected chi connectivity index (χ4v) is 6.08. The van der Waals surface area contributed by atoms with Crippen molar-refractivity contribution in [3.8, 4) is 0 Å². The van der Waals surface area contributed by atoms with Gasteiger partial charge in [0.1, 0.15) is 0 Å². The van der Waals surface area contributed by atoms with Crippen LogP contribution in [0.4, 0.5) is 0 Å². The standard InChI is InChI=1S/C22H42N2.ClH/c1-16(2)5-4-6-17(3)7-8-23-9-10-24-22-20-12-18-11-19(14-20)15-21(22)13-18;/h16-24H,4-15H2,1-3H3;1H. The van der Waals surface area contributed by atoms with E-state index < -0.39 is 0 Å². The summed E-state index contributed by atoms with van der Waals surface area (Å²) < 4.78 is 0. The summed E-state index contributed by atoms with van der Waals surface area (Å²) in [5.41, 5.74) is 0. The molecular weight excluding hydrogens is 328 g/mol. The molecule has 0 heterocycles. The van der Waals surface area contributed by atoms with Crippen LogP contribution < -0.4 is 10.6 Å². The quantitative estimate of drug-likeness (QED) is 0.484. The molecule has 1 atom stereocenters. The third kappa shape index (κ3) is 6.40. The second-order valence-corrected chi connectivity index (χ2v) is 9.88. The predicted molar refractivity (Wildman–Crippen MR) is 111 cm³/mol. The number of hydrogen-bond acceptors (Lipinski definition) is 2. The molecule has 1 unspecified atom stereocenters. The lowest BCUT2D eigenvalue weighted by molar-refractivity contribution is -0.0133. The molecule has 0 aromatic carbocycles. The molecule has 0 spiro atoms. The van der Waals surface area contributed by atoms with Gasteiger partial charge in [-0.1, -0.05) is 40.0 Å². The van der Waals surface area contributed by atoms with Crippen molar-refractivity contribution in [2.24, 2.45) is 35.5 Å². The Labute approximate surface area is 163 Å². The minimum atomic E-state index is 0. The van der Waals surface area contributed by atoms with Crippen LogP contribution in [0.2, 0.25) is 0 Å². The molecule has 4 saturated carbocycles. The SMILES string of the molecule is CC(C)CCCC(C)CCNCCNC1C2CC3CC(C2)CC1C3.Cl. The average molecular weight is 371 g/mol. The van der Waals surface area contributed by atoms with Crippen LogP contribution in [0.15, 0.2) is 0 Å². The van der Waals surface area contributed by atoms with E-state index in [1.165, 1.54) is 64.5 Å². The van der Waals surface area contributed by atoms with Crippen LogP contribution in [0, 0.1) is 35.5 Å². The zero-order valence-electron chi connectivity index (χ0n) is 16.9. The van der Waals surface area contributed by atoms with Gasteiger partial charge in [-0.25, -0.2) is 0 Å². The van der Waals surface area contributed by atoms with Crippen LogP contribution in [0.25, 0.3) is 0 Å². The summed E-state index contributed by atoms with van der Waals surface area (Å²) in [7, 11) is 0. The van der Waals surface area contributed by atoms with E-state index in [1.54, 1.807) is 6.42 Å². The third-order valence-corrected chi connectivity index (χ3v) is 7.20. The van der Waals surface area contributed by atoms with Gasteiger partial charge in [0.2, 0.25) is 0 Å². The first-order valence-corrected chi connectivity index (χ1v) is 11.1. The van der Waals surface area contributed by atoms with Crippen molar-refractivity contribution < 1.29 is 0 Å². The largest absolute Gasteiger partial charge is 0.315 e. The van der Waals surface area contributed by atoms with Gasteiger partial charge in [0.15, 0.2) is 0 Å². The van der Waals surface area contributed by atoms with Gasteiger partial charge in [0.25, 0.3) is 0 Å². The van der Waals surface area contributed by atoms with Crippen molar-refractivity contribution in [3.05, 3.63) is 0 Å². The van der Waals surface area contributed by atoms with Crippen LogP contribution in [0.1, 0.15) is 78.6 Å². The number of nitrogens with one attached hydrogen (secondary N) is 2. The lowest BCUT2D eigenvalue weighted by Crippen LogP contribution is -2.55. The molecule has 0 aromatic rings. The van der Waals surface area contributed by atoms with Crippen molar-refractivity contribution in [2.75, 3.05) is 19.6 Å². The van der Waals surface area contributed by atoms with Crippen LogP contribution >= 0.6 is 12.4 Å². The van der Waals surface area contributed by atoms with Gasteiger partial charge in [0.05, 0.1) is 0 Å². The Morgan fingerprint density at radius 2 is 1.40 bits per heavy atom. The highest BCUT2D eigenvalue weighted by Crippen LogP contribution is 2.53. The van der Waals surface area contributed by atoms with Crippen molar-refractivity contribution in [2.45, 2.75) is 84.6 Å². The molecule has 0 amide bonds. The van der Waals surface area contributed by atoms with Gasteiger partial charge in [0, 0.05) is 19.1 Å². The summed E-state index contributed by atoms with van der Waals surface area (Å²) in [6.45, 7) is 10.6. The molecule has 3 heteroatoms.